The van der Waals surface area contributed by atoms with E-state index in [1.54, 1.807) is 70.6 Å². The van der Waals surface area contributed by atoms with Gasteiger partial charge in [0.2, 0.25) is 0 Å². The van der Waals surface area contributed by atoms with Gasteiger partial charge in [-0.15, -0.1) is 0 Å². The van der Waals surface area contributed by atoms with Gasteiger partial charge in [-0.1, -0.05) is 109 Å². The quantitative estimate of drug-likeness (QED) is 0.257. The van der Waals surface area contributed by atoms with Crippen molar-refractivity contribution in [3.8, 4) is 67.0 Å². The standard InChI is InChI=1S/C30H36S6/c1-2-8-20-32-26-15-16-28-34-22-10-5-6-12-24-36-30-18-17-29-35-23-11-4-3-9-21-33-27-14-13-25-31-19-7-1/h1-12,19-24H2. The van der Waals surface area contributed by atoms with Crippen molar-refractivity contribution in [2.75, 3.05) is 34.5 Å². The molecule has 1 heterocycles. The fourth-order valence-corrected chi connectivity index (χ4v) is 6.22. The number of hydrogen-bond acceptors (Lipinski definition) is 6. The van der Waals surface area contributed by atoms with Crippen molar-refractivity contribution in [3.63, 3.8) is 0 Å². The normalized spacial score (nSPS) is 18.7. The molecular formula is C30H36S6. The van der Waals surface area contributed by atoms with Crippen LogP contribution < -0.4 is 0 Å². The maximum atomic E-state index is 3.10. The highest BCUT2D eigenvalue weighted by Gasteiger charge is 1.92. The van der Waals surface area contributed by atoms with Crippen molar-refractivity contribution in [3.05, 3.63) is 0 Å². The second-order valence-corrected chi connectivity index (χ2v) is 13.1. The average molecular weight is 589 g/mol. The summed E-state index contributed by atoms with van der Waals surface area (Å²) in [5.41, 5.74) is 0. The highest BCUT2D eigenvalue weighted by Crippen LogP contribution is 2.11. The second kappa shape index (κ2) is 30.7. The van der Waals surface area contributed by atoms with Crippen LogP contribution in [0.3, 0.4) is 0 Å². The van der Waals surface area contributed by atoms with Crippen molar-refractivity contribution < 1.29 is 0 Å². The molecule has 0 unspecified atom stereocenters. The molecule has 0 aromatic carbocycles. The van der Waals surface area contributed by atoms with Gasteiger partial charge in [0.15, 0.2) is 0 Å². The summed E-state index contributed by atoms with van der Waals surface area (Å²) in [5.74, 6) is 24.3. The van der Waals surface area contributed by atoms with Gasteiger partial charge < -0.3 is 0 Å². The third-order valence-electron chi connectivity index (χ3n) is 4.66. The Kier molecular flexibility index (Phi) is 28.5. The van der Waals surface area contributed by atoms with Crippen LogP contribution in [0.2, 0.25) is 0 Å². The Morgan fingerprint density at radius 3 is 0.556 bits per heavy atom. The predicted molar refractivity (Wildman–Crippen MR) is 177 cm³/mol. The molecule has 1 aliphatic rings. The van der Waals surface area contributed by atoms with E-state index in [2.05, 4.69) is 67.0 Å². The summed E-state index contributed by atoms with van der Waals surface area (Å²) in [6, 6.07) is 0. The first-order valence-corrected chi connectivity index (χ1v) is 18.6. The van der Waals surface area contributed by atoms with E-state index in [0.717, 1.165) is 34.5 Å². The van der Waals surface area contributed by atoms with E-state index in [9.17, 15) is 0 Å². The first-order valence-electron chi connectivity index (χ1n) is 12.7. The summed E-state index contributed by atoms with van der Waals surface area (Å²) in [6.45, 7) is 0. The van der Waals surface area contributed by atoms with Crippen molar-refractivity contribution in [1.82, 2.24) is 0 Å². The molecule has 0 aromatic heterocycles. The van der Waals surface area contributed by atoms with E-state index < -0.39 is 0 Å². The fourth-order valence-electron chi connectivity index (χ4n) is 2.78. The van der Waals surface area contributed by atoms with Crippen molar-refractivity contribution in [2.45, 2.75) is 77.0 Å². The summed E-state index contributed by atoms with van der Waals surface area (Å²) in [7, 11) is 0. The molecule has 0 atom stereocenters. The van der Waals surface area contributed by atoms with Gasteiger partial charge in [0.05, 0.1) is 0 Å². The molecule has 0 aliphatic carbocycles. The third-order valence-corrected chi connectivity index (χ3v) is 9.09. The second-order valence-electron chi connectivity index (χ2n) is 7.70. The van der Waals surface area contributed by atoms with Gasteiger partial charge in [-0.2, -0.15) is 0 Å². The van der Waals surface area contributed by atoms with Crippen LogP contribution in [0.25, 0.3) is 0 Å². The highest BCUT2D eigenvalue weighted by molar-refractivity contribution is 8.05. The van der Waals surface area contributed by atoms with Crippen molar-refractivity contribution >= 4 is 70.6 Å². The van der Waals surface area contributed by atoms with E-state index in [0.29, 0.717) is 0 Å². The molecule has 0 fully saturated rings. The molecule has 192 valence electrons. The van der Waals surface area contributed by atoms with Gasteiger partial charge in [0.25, 0.3) is 0 Å². The van der Waals surface area contributed by atoms with E-state index in [-0.39, 0.29) is 0 Å². The minimum Gasteiger partial charge on any atom is -0.0741 e. The number of rotatable bonds is 0. The minimum atomic E-state index is 1.10. The van der Waals surface area contributed by atoms with Gasteiger partial charge in [0, 0.05) is 34.5 Å². The maximum Gasteiger partial charge on any atom is 0.00570 e. The zero-order valence-corrected chi connectivity index (χ0v) is 26.1. The molecule has 0 nitrogen and oxygen atoms in total. The van der Waals surface area contributed by atoms with E-state index in [1.165, 1.54) is 77.0 Å². The van der Waals surface area contributed by atoms with Crippen LogP contribution in [0.5, 0.6) is 0 Å². The Labute approximate surface area is 247 Å². The van der Waals surface area contributed by atoms with Gasteiger partial charge in [0.1, 0.15) is 0 Å². The predicted octanol–water partition coefficient (Wildman–Crippen LogP) is 8.85. The fraction of sp³-hybridized carbons (Fsp3) is 0.600. The van der Waals surface area contributed by atoms with Gasteiger partial charge >= 0.3 is 0 Å². The molecule has 1 rings (SSSR count). The monoisotopic (exact) mass is 588 g/mol. The first kappa shape index (κ1) is 33.5. The molecule has 0 spiro atoms. The van der Waals surface area contributed by atoms with Crippen LogP contribution in [0.15, 0.2) is 0 Å². The minimum absolute atomic E-state index is 1.10. The zero-order valence-electron chi connectivity index (χ0n) is 21.2. The SMILES string of the molecule is C1#CSCCCCCCSC#CC#CSCCCCCCSC#CC#CSCCCCCCSC#C1. The number of thioether (sulfide) groups is 6. The molecule has 36 heavy (non-hydrogen) atoms. The average Bonchev–Trinajstić information content (AvgIpc) is 2.89. The van der Waals surface area contributed by atoms with Crippen LogP contribution in [0, 0.1) is 67.0 Å². The largest absolute Gasteiger partial charge is 0.0741 e. The Morgan fingerprint density at radius 2 is 0.389 bits per heavy atom. The summed E-state index contributed by atoms with van der Waals surface area (Å²) in [4.78, 5) is 0. The van der Waals surface area contributed by atoms with Gasteiger partial charge in [-0.25, -0.2) is 0 Å². The number of hydrogen-bond donors (Lipinski definition) is 0. The molecule has 0 aromatic rings. The molecule has 0 saturated heterocycles. The zero-order chi connectivity index (χ0) is 25.5. The highest BCUT2D eigenvalue weighted by atomic mass is 32.2. The summed E-state index contributed by atoms with van der Waals surface area (Å²) < 4.78 is 0. The van der Waals surface area contributed by atoms with Crippen LogP contribution in [-0.4, -0.2) is 34.5 Å². The first-order chi connectivity index (χ1) is 18.0. The maximum absolute atomic E-state index is 3.10. The Hall–Kier alpha value is -0.540. The van der Waals surface area contributed by atoms with Crippen molar-refractivity contribution in [1.29, 1.82) is 0 Å². The lowest BCUT2D eigenvalue weighted by molar-refractivity contribution is 0.712. The van der Waals surface area contributed by atoms with Gasteiger partial charge in [-0.3, -0.25) is 0 Å². The van der Waals surface area contributed by atoms with Crippen molar-refractivity contribution in [2.24, 2.45) is 0 Å². The lowest BCUT2D eigenvalue weighted by atomic mass is 10.2. The molecule has 0 bridgehead atoms. The Bertz CT molecular complexity index is 717. The molecule has 0 radical (unpaired) electrons. The van der Waals surface area contributed by atoms with Crippen LogP contribution in [-0.2, 0) is 0 Å². The van der Waals surface area contributed by atoms with Crippen LogP contribution in [0.1, 0.15) is 77.0 Å². The molecule has 0 N–H and O–H groups in total. The van der Waals surface area contributed by atoms with E-state index >= 15 is 0 Å². The molecule has 0 amide bonds. The van der Waals surface area contributed by atoms with Gasteiger partial charge in [-0.05, 0) is 106 Å². The summed E-state index contributed by atoms with van der Waals surface area (Å²) in [5, 5.41) is 18.6. The van der Waals surface area contributed by atoms with E-state index in [4.69, 9.17) is 0 Å². The smallest absolute Gasteiger partial charge is 0.00570 e. The van der Waals surface area contributed by atoms with Crippen LogP contribution in [0.4, 0.5) is 0 Å². The Morgan fingerprint density at radius 1 is 0.222 bits per heavy atom. The summed E-state index contributed by atoms with van der Waals surface area (Å²) >= 11 is 10.1. The lowest BCUT2D eigenvalue weighted by Crippen LogP contribution is -1.83. The van der Waals surface area contributed by atoms with Crippen LogP contribution >= 0.6 is 70.6 Å². The van der Waals surface area contributed by atoms with E-state index in [1.807, 2.05) is 0 Å². The lowest BCUT2D eigenvalue weighted by Gasteiger charge is -1.97. The Balaban J connectivity index is 2.25. The molecular weight excluding hydrogens is 553 g/mol. The molecule has 0 saturated carbocycles. The molecule has 6 heteroatoms. The summed E-state index contributed by atoms with van der Waals surface area (Å²) in [6.07, 6.45) is 14.9. The topological polar surface area (TPSA) is 0 Å². The third kappa shape index (κ3) is 28.0. The molecule has 1 aliphatic heterocycles.